The maximum Gasteiger partial charge on any atom is 0.0514 e. The third-order valence-corrected chi connectivity index (χ3v) is 6.79. The summed E-state index contributed by atoms with van der Waals surface area (Å²) in [6.07, 6.45) is 2.79. The lowest BCUT2D eigenvalue weighted by Crippen LogP contribution is -2.58. The molecule has 0 radical (unpaired) electrons. The van der Waals surface area contributed by atoms with Gasteiger partial charge in [-0.25, -0.2) is 0 Å². The van der Waals surface area contributed by atoms with Crippen molar-refractivity contribution in [3.05, 3.63) is 0 Å². The molecule has 4 bridgehead atoms. The first-order valence-corrected chi connectivity index (χ1v) is 9.64. The van der Waals surface area contributed by atoms with Gasteiger partial charge in [0.25, 0.3) is 0 Å². The van der Waals surface area contributed by atoms with E-state index >= 15 is 0 Å². The summed E-state index contributed by atoms with van der Waals surface area (Å²) in [4.78, 5) is 11.1. The molecule has 2 unspecified atom stereocenters. The molecule has 4 saturated heterocycles. The van der Waals surface area contributed by atoms with Gasteiger partial charge in [0.2, 0.25) is 0 Å². The van der Waals surface area contributed by atoms with Gasteiger partial charge in [-0.1, -0.05) is 0 Å². The molecule has 0 aromatic rings. The van der Waals surface area contributed by atoms with Crippen LogP contribution in [0.5, 0.6) is 0 Å². The van der Waals surface area contributed by atoms with E-state index in [0.717, 1.165) is 24.2 Å². The minimum Gasteiger partial charge on any atom is -0.293 e. The molecule has 0 spiro atoms. The zero-order valence-corrected chi connectivity index (χ0v) is 16.0. The molecule has 4 aliphatic rings. The summed E-state index contributed by atoms with van der Waals surface area (Å²) in [5, 5.41) is 0. The standard InChI is InChI=1S/C19H36N4/c1-18(2,3)22-11-14-7-16(22)9-20(14)13-21-10-17-8-15(21)12-23(17)19(4,5)6/h14-17H,7-13H2,1-6H3/t14-,15?,16-,17?/m0/s1. The molecule has 4 heterocycles. The first-order chi connectivity index (χ1) is 10.6. The molecule has 0 aliphatic carbocycles. The van der Waals surface area contributed by atoms with Crippen LogP contribution in [0.3, 0.4) is 0 Å². The number of nitrogens with zero attached hydrogens (tertiary/aromatic N) is 4. The highest BCUT2D eigenvalue weighted by Crippen LogP contribution is 2.39. The van der Waals surface area contributed by atoms with E-state index in [1.807, 2.05) is 0 Å². The second kappa shape index (κ2) is 5.17. The fraction of sp³-hybridized carbons (Fsp3) is 1.00. The Balaban J connectivity index is 1.33. The van der Waals surface area contributed by atoms with Crippen LogP contribution in [-0.2, 0) is 0 Å². The summed E-state index contributed by atoms with van der Waals surface area (Å²) >= 11 is 0. The third kappa shape index (κ3) is 2.76. The highest BCUT2D eigenvalue weighted by Gasteiger charge is 2.50. The summed E-state index contributed by atoms with van der Waals surface area (Å²) in [6.45, 7) is 20.6. The van der Waals surface area contributed by atoms with Gasteiger partial charge in [-0.15, -0.1) is 0 Å². The van der Waals surface area contributed by atoms with Crippen molar-refractivity contribution in [2.45, 2.75) is 89.6 Å². The molecule has 4 nitrogen and oxygen atoms in total. The lowest BCUT2D eigenvalue weighted by Gasteiger charge is -2.45. The zero-order valence-electron chi connectivity index (χ0n) is 16.0. The normalized spacial score (nSPS) is 39.9. The Kier molecular flexibility index (Phi) is 3.67. The Morgan fingerprint density at radius 3 is 1.26 bits per heavy atom. The van der Waals surface area contributed by atoms with Crippen LogP contribution in [0.2, 0.25) is 0 Å². The van der Waals surface area contributed by atoms with E-state index in [1.165, 1.54) is 45.7 Å². The van der Waals surface area contributed by atoms with Gasteiger partial charge in [0.15, 0.2) is 0 Å². The van der Waals surface area contributed by atoms with Crippen LogP contribution in [-0.4, -0.2) is 87.7 Å². The summed E-state index contributed by atoms with van der Waals surface area (Å²) in [6, 6.07) is 3.20. The van der Waals surface area contributed by atoms with E-state index in [4.69, 9.17) is 0 Å². The van der Waals surface area contributed by atoms with Crippen LogP contribution in [0, 0.1) is 0 Å². The van der Waals surface area contributed by atoms with E-state index in [2.05, 4.69) is 61.1 Å². The van der Waals surface area contributed by atoms with Crippen LogP contribution < -0.4 is 0 Å². The Bertz CT molecular complexity index is 421. The summed E-state index contributed by atoms with van der Waals surface area (Å²) < 4.78 is 0. The van der Waals surface area contributed by atoms with Gasteiger partial charge >= 0.3 is 0 Å². The van der Waals surface area contributed by atoms with Crippen molar-refractivity contribution in [1.29, 1.82) is 0 Å². The van der Waals surface area contributed by atoms with Crippen molar-refractivity contribution in [3.8, 4) is 0 Å². The van der Waals surface area contributed by atoms with E-state index in [0.29, 0.717) is 11.1 Å². The van der Waals surface area contributed by atoms with Gasteiger partial charge in [-0.2, -0.15) is 0 Å². The fourth-order valence-electron chi connectivity index (χ4n) is 5.72. The molecule has 4 aliphatic heterocycles. The third-order valence-electron chi connectivity index (χ3n) is 6.79. The van der Waals surface area contributed by atoms with Crippen molar-refractivity contribution >= 4 is 0 Å². The quantitative estimate of drug-likeness (QED) is 0.772. The van der Waals surface area contributed by atoms with E-state index in [9.17, 15) is 0 Å². The fourth-order valence-corrected chi connectivity index (χ4v) is 5.72. The first-order valence-electron chi connectivity index (χ1n) is 9.64. The first kappa shape index (κ1) is 16.3. The monoisotopic (exact) mass is 320 g/mol. The number of piperazine rings is 2. The van der Waals surface area contributed by atoms with Gasteiger partial charge in [-0.05, 0) is 54.4 Å². The topological polar surface area (TPSA) is 13.0 Å². The lowest BCUT2D eigenvalue weighted by molar-refractivity contribution is 0.000796. The molecule has 0 amide bonds. The second-order valence-corrected chi connectivity index (χ2v) is 10.4. The average Bonchev–Trinajstić information content (AvgIpc) is 3.14. The number of hydrogen-bond acceptors (Lipinski definition) is 4. The Labute approximate surface area is 142 Å². The molecule has 4 atom stereocenters. The van der Waals surface area contributed by atoms with E-state index in [1.54, 1.807) is 0 Å². The number of fused-ring (bicyclic) bond motifs is 4. The number of likely N-dealkylation sites (tertiary alicyclic amines) is 4. The number of rotatable bonds is 2. The molecule has 0 aromatic heterocycles. The maximum absolute atomic E-state index is 2.79. The van der Waals surface area contributed by atoms with Gasteiger partial charge in [-0.3, -0.25) is 19.6 Å². The predicted molar refractivity (Wildman–Crippen MR) is 95.6 cm³/mol. The highest BCUT2D eigenvalue weighted by atomic mass is 15.5. The lowest BCUT2D eigenvalue weighted by atomic mass is 10.0. The van der Waals surface area contributed by atoms with Gasteiger partial charge < -0.3 is 0 Å². The van der Waals surface area contributed by atoms with Gasteiger partial charge in [0.1, 0.15) is 0 Å². The van der Waals surface area contributed by atoms with Crippen LogP contribution >= 0.6 is 0 Å². The molecule has 4 heteroatoms. The minimum atomic E-state index is 0.339. The Morgan fingerprint density at radius 2 is 1.00 bits per heavy atom. The van der Waals surface area contributed by atoms with E-state index in [-0.39, 0.29) is 0 Å². The van der Waals surface area contributed by atoms with Crippen molar-refractivity contribution in [3.63, 3.8) is 0 Å². The van der Waals surface area contributed by atoms with Crippen molar-refractivity contribution in [1.82, 2.24) is 19.6 Å². The molecule has 0 aromatic carbocycles. The SMILES string of the molecule is CC(C)(C)N1CC2CC1CN2CN1C[C@@H]2C[C@H]1CN2C(C)(C)C. The van der Waals surface area contributed by atoms with Crippen molar-refractivity contribution < 1.29 is 0 Å². The summed E-state index contributed by atoms with van der Waals surface area (Å²) in [7, 11) is 0. The zero-order chi connectivity index (χ0) is 16.6. The predicted octanol–water partition coefficient (Wildman–Crippen LogP) is 2.06. The smallest absolute Gasteiger partial charge is 0.0514 e. The Hall–Kier alpha value is -0.160. The molecule has 0 saturated carbocycles. The molecular formula is C19H36N4. The summed E-state index contributed by atoms with van der Waals surface area (Å²) in [5.41, 5.74) is 0.677. The van der Waals surface area contributed by atoms with Crippen LogP contribution in [0.15, 0.2) is 0 Å². The largest absolute Gasteiger partial charge is 0.293 e. The highest BCUT2D eigenvalue weighted by molar-refractivity contribution is 5.06. The molecular weight excluding hydrogens is 284 g/mol. The average molecular weight is 321 g/mol. The summed E-state index contributed by atoms with van der Waals surface area (Å²) in [5.74, 6) is 0. The molecule has 23 heavy (non-hydrogen) atoms. The van der Waals surface area contributed by atoms with Gasteiger partial charge in [0, 0.05) is 61.4 Å². The number of hydrogen-bond donors (Lipinski definition) is 0. The maximum atomic E-state index is 2.79. The Morgan fingerprint density at radius 1 is 0.609 bits per heavy atom. The van der Waals surface area contributed by atoms with Crippen molar-refractivity contribution in [2.24, 2.45) is 0 Å². The molecule has 4 fully saturated rings. The van der Waals surface area contributed by atoms with Crippen LogP contribution in [0.4, 0.5) is 0 Å². The molecule has 0 N–H and O–H groups in total. The van der Waals surface area contributed by atoms with Crippen LogP contribution in [0.1, 0.15) is 54.4 Å². The van der Waals surface area contributed by atoms with Crippen molar-refractivity contribution in [2.75, 3.05) is 32.8 Å². The second-order valence-electron chi connectivity index (χ2n) is 10.4. The minimum absolute atomic E-state index is 0.339. The molecule has 132 valence electrons. The van der Waals surface area contributed by atoms with Crippen LogP contribution in [0.25, 0.3) is 0 Å². The molecule has 4 rings (SSSR count). The van der Waals surface area contributed by atoms with Gasteiger partial charge in [0.05, 0.1) is 6.67 Å². The van der Waals surface area contributed by atoms with E-state index < -0.39 is 0 Å².